The fourth-order valence-electron chi connectivity index (χ4n) is 1.30. The number of methoxy groups -OCH3 is 1. The Morgan fingerprint density at radius 3 is 2.89 bits per heavy atom. The summed E-state index contributed by atoms with van der Waals surface area (Å²) in [7, 11) is 1.68. The molecule has 1 unspecified atom stereocenters. The molecule has 18 heavy (non-hydrogen) atoms. The van der Waals surface area contributed by atoms with Crippen LogP contribution in [0, 0.1) is 0 Å². The summed E-state index contributed by atoms with van der Waals surface area (Å²) in [4.78, 5) is 4.27. The van der Waals surface area contributed by atoms with Crippen LogP contribution >= 0.6 is 0 Å². The first-order valence-electron chi connectivity index (χ1n) is 6.21. The molecule has 1 aromatic heterocycles. The maximum Gasteiger partial charge on any atom is 0.137 e. The van der Waals surface area contributed by atoms with Crippen LogP contribution < -0.4 is 10.1 Å². The van der Waals surface area contributed by atoms with Crippen molar-refractivity contribution in [1.82, 2.24) is 10.3 Å². The Bertz CT molecular complexity index is 317. The van der Waals surface area contributed by atoms with Gasteiger partial charge in [0.25, 0.3) is 0 Å². The fourth-order valence-corrected chi connectivity index (χ4v) is 1.30. The van der Waals surface area contributed by atoms with E-state index >= 15 is 0 Å². The number of nitrogens with one attached hydrogen (secondary N) is 1. The van der Waals surface area contributed by atoms with Gasteiger partial charge in [0.05, 0.1) is 24.6 Å². The summed E-state index contributed by atoms with van der Waals surface area (Å²) in [5.74, 6) is 0.683. The summed E-state index contributed by atoms with van der Waals surface area (Å²) in [5, 5.41) is 12.6. The highest BCUT2D eigenvalue weighted by atomic mass is 16.5. The molecule has 0 saturated heterocycles. The number of rotatable bonds is 9. The minimum Gasteiger partial charge on any atom is -0.489 e. The van der Waals surface area contributed by atoms with Crippen molar-refractivity contribution >= 4 is 0 Å². The molecule has 0 saturated carbocycles. The highest BCUT2D eigenvalue weighted by molar-refractivity contribution is 5.19. The smallest absolute Gasteiger partial charge is 0.137 e. The Labute approximate surface area is 108 Å². The van der Waals surface area contributed by atoms with Gasteiger partial charge in [-0.15, -0.1) is 0 Å². The van der Waals surface area contributed by atoms with Crippen molar-refractivity contribution in [3.63, 3.8) is 0 Å². The molecule has 0 amide bonds. The van der Waals surface area contributed by atoms with Crippen LogP contribution in [0.25, 0.3) is 0 Å². The summed E-state index contributed by atoms with van der Waals surface area (Å²) in [6.07, 6.45) is 1.95. The largest absolute Gasteiger partial charge is 0.489 e. The van der Waals surface area contributed by atoms with E-state index in [0.717, 1.165) is 12.2 Å². The lowest BCUT2D eigenvalue weighted by Crippen LogP contribution is -2.19. The lowest BCUT2D eigenvalue weighted by Gasteiger charge is -2.10. The van der Waals surface area contributed by atoms with Crippen molar-refractivity contribution in [3.8, 4) is 5.75 Å². The van der Waals surface area contributed by atoms with Crippen LogP contribution in [-0.4, -0.2) is 43.1 Å². The highest BCUT2D eigenvalue weighted by Gasteiger charge is 2.02. The molecule has 1 atom stereocenters. The Morgan fingerprint density at radius 2 is 2.28 bits per heavy atom. The number of aromatic nitrogens is 1. The van der Waals surface area contributed by atoms with E-state index < -0.39 is 6.10 Å². The number of nitrogens with zero attached hydrogens (tertiary/aromatic N) is 1. The molecule has 1 heterocycles. The average molecular weight is 254 g/mol. The Hall–Kier alpha value is -1.17. The lowest BCUT2D eigenvalue weighted by atomic mass is 10.3. The van der Waals surface area contributed by atoms with Crippen molar-refractivity contribution in [2.75, 3.05) is 26.9 Å². The van der Waals surface area contributed by atoms with E-state index in [0.29, 0.717) is 31.9 Å². The molecule has 0 aliphatic heterocycles. The standard InChI is InChI=1S/C13H22N2O3/c1-3-12(16)10-18-13-5-4-11(15-9-13)8-14-6-7-17-2/h4-5,9,12,14,16H,3,6-8,10H2,1-2H3. The third-order valence-corrected chi connectivity index (χ3v) is 2.50. The molecule has 0 aliphatic carbocycles. The third kappa shape index (κ3) is 5.95. The van der Waals surface area contributed by atoms with Crippen LogP contribution in [-0.2, 0) is 11.3 Å². The summed E-state index contributed by atoms with van der Waals surface area (Å²) in [6, 6.07) is 3.77. The van der Waals surface area contributed by atoms with Gasteiger partial charge in [-0.25, -0.2) is 0 Å². The molecular weight excluding hydrogens is 232 g/mol. The number of hydrogen-bond donors (Lipinski definition) is 2. The maximum atomic E-state index is 9.37. The number of aliphatic hydroxyl groups excluding tert-OH is 1. The van der Waals surface area contributed by atoms with Crippen LogP contribution in [0.3, 0.4) is 0 Å². The molecule has 0 fully saturated rings. The maximum absolute atomic E-state index is 9.37. The van der Waals surface area contributed by atoms with Gasteiger partial charge in [0, 0.05) is 20.2 Å². The van der Waals surface area contributed by atoms with Crippen molar-refractivity contribution in [3.05, 3.63) is 24.0 Å². The van der Waals surface area contributed by atoms with E-state index in [2.05, 4.69) is 10.3 Å². The topological polar surface area (TPSA) is 63.6 Å². The van der Waals surface area contributed by atoms with Crippen LogP contribution in [0.4, 0.5) is 0 Å². The molecule has 0 spiro atoms. The van der Waals surface area contributed by atoms with Gasteiger partial charge >= 0.3 is 0 Å². The second kappa shape index (κ2) is 8.85. The number of aliphatic hydroxyl groups is 1. The Kier molecular flexibility index (Phi) is 7.32. The SMILES string of the molecule is CCC(O)COc1ccc(CNCCOC)nc1. The molecule has 0 radical (unpaired) electrons. The Balaban J connectivity index is 2.28. The van der Waals surface area contributed by atoms with Crippen molar-refractivity contribution in [2.45, 2.75) is 26.0 Å². The van der Waals surface area contributed by atoms with E-state index in [9.17, 15) is 5.11 Å². The second-order valence-corrected chi connectivity index (χ2v) is 4.03. The van der Waals surface area contributed by atoms with Gasteiger partial charge in [0.1, 0.15) is 12.4 Å². The van der Waals surface area contributed by atoms with E-state index in [-0.39, 0.29) is 0 Å². The normalized spacial score (nSPS) is 12.4. The lowest BCUT2D eigenvalue weighted by molar-refractivity contribution is 0.104. The predicted octanol–water partition coefficient (Wildman–Crippen LogP) is 0.967. The molecule has 0 bridgehead atoms. The van der Waals surface area contributed by atoms with E-state index in [4.69, 9.17) is 9.47 Å². The van der Waals surface area contributed by atoms with E-state index in [1.165, 1.54) is 0 Å². The molecule has 2 N–H and O–H groups in total. The minimum absolute atomic E-state index is 0.309. The zero-order valence-electron chi connectivity index (χ0n) is 11.1. The second-order valence-electron chi connectivity index (χ2n) is 4.03. The highest BCUT2D eigenvalue weighted by Crippen LogP contribution is 2.09. The molecule has 102 valence electrons. The average Bonchev–Trinajstić information content (AvgIpc) is 2.42. The molecule has 0 aromatic carbocycles. The molecule has 0 aliphatic rings. The van der Waals surface area contributed by atoms with Gasteiger partial charge in [-0.1, -0.05) is 6.92 Å². The molecule has 5 heteroatoms. The summed E-state index contributed by atoms with van der Waals surface area (Å²) < 4.78 is 10.3. The number of hydrogen-bond acceptors (Lipinski definition) is 5. The Morgan fingerprint density at radius 1 is 1.44 bits per heavy atom. The third-order valence-electron chi connectivity index (χ3n) is 2.50. The van der Waals surface area contributed by atoms with Crippen molar-refractivity contribution in [2.24, 2.45) is 0 Å². The molecular formula is C13H22N2O3. The van der Waals surface area contributed by atoms with Crippen molar-refractivity contribution < 1.29 is 14.6 Å². The van der Waals surface area contributed by atoms with E-state index in [1.807, 2.05) is 19.1 Å². The number of pyridine rings is 1. The van der Waals surface area contributed by atoms with Crippen LogP contribution in [0.5, 0.6) is 5.75 Å². The summed E-state index contributed by atoms with van der Waals surface area (Å²) in [6.45, 7) is 4.43. The van der Waals surface area contributed by atoms with Gasteiger partial charge in [-0.2, -0.15) is 0 Å². The first-order chi connectivity index (χ1) is 8.76. The zero-order chi connectivity index (χ0) is 13.2. The van der Waals surface area contributed by atoms with Gasteiger partial charge in [0.2, 0.25) is 0 Å². The molecule has 5 nitrogen and oxygen atoms in total. The zero-order valence-corrected chi connectivity index (χ0v) is 11.1. The minimum atomic E-state index is -0.416. The quantitative estimate of drug-likeness (QED) is 0.643. The molecule has 1 aromatic rings. The van der Waals surface area contributed by atoms with Gasteiger partial charge in [0.15, 0.2) is 0 Å². The van der Waals surface area contributed by atoms with Gasteiger partial charge in [-0.05, 0) is 18.6 Å². The number of ether oxygens (including phenoxy) is 2. The summed E-state index contributed by atoms with van der Waals surface area (Å²) in [5.41, 5.74) is 0.953. The monoisotopic (exact) mass is 254 g/mol. The summed E-state index contributed by atoms with van der Waals surface area (Å²) >= 11 is 0. The van der Waals surface area contributed by atoms with Gasteiger partial charge < -0.3 is 19.9 Å². The van der Waals surface area contributed by atoms with Crippen LogP contribution in [0.2, 0.25) is 0 Å². The first kappa shape index (κ1) is 14.9. The van der Waals surface area contributed by atoms with Crippen molar-refractivity contribution in [1.29, 1.82) is 0 Å². The molecule has 1 rings (SSSR count). The van der Waals surface area contributed by atoms with E-state index in [1.54, 1.807) is 13.3 Å². The van der Waals surface area contributed by atoms with Crippen LogP contribution in [0.1, 0.15) is 19.0 Å². The fraction of sp³-hybridized carbons (Fsp3) is 0.615. The first-order valence-corrected chi connectivity index (χ1v) is 6.21. The predicted molar refractivity (Wildman–Crippen MR) is 69.6 cm³/mol. The van der Waals surface area contributed by atoms with Gasteiger partial charge in [-0.3, -0.25) is 4.98 Å². The van der Waals surface area contributed by atoms with Crippen LogP contribution in [0.15, 0.2) is 18.3 Å².